The van der Waals surface area contributed by atoms with Crippen molar-refractivity contribution in [1.82, 2.24) is 5.43 Å². The molecule has 4 rings (SSSR count). The predicted molar refractivity (Wildman–Crippen MR) is 135 cm³/mol. The second kappa shape index (κ2) is 10.0. The van der Waals surface area contributed by atoms with Crippen molar-refractivity contribution in [3.63, 3.8) is 0 Å². The Labute approximate surface area is 201 Å². The van der Waals surface area contributed by atoms with E-state index in [1.165, 1.54) is 17.3 Å². The summed E-state index contributed by atoms with van der Waals surface area (Å²) in [7, 11) is 1.67. The van der Waals surface area contributed by atoms with Crippen molar-refractivity contribution < 1.29 is 14.6 Å². The van der Waals surface area contributed by atoms with E-state index in [9.17, 15) is 9.90 Å². The zero-order chi connectivity index (χ0) is 22.5. The fourth-order valence-corrected chi connectivity index (χ4v) is 4.39. The molecule has 0 saturated heterocycles. The van der Waals surface area contributed by atoms with Gasteiger partial charge in [-0.2, -0.15) is 5.10 Å². The number of aryl methyl sites for hydroxylation is 1. The number of phenols is 1. The van der Waals surface area contributed by atoms with Crippen LogP contribution < -0.4 is 15.1 Å². The minimum absolute atomic E-state index is 0.0772. The van der Waals surface area contributed by atoms with E-state index in [0.717, 1.165) is 46.4 Å². The van der Waals surface area contributed by atoms with Crippen LogP contribution in [0.3, 0.4) is 0 Å². The van der Waals surface area contributed by atoms with Gasteiger partial charge in [-0.25, -0.2) is 5.43 Å². The summed E-state index contributed by atoms with van der Waals surface area (Å²) in [5.41, 5.74) is 7.21. The SMILES string of the molecule is COc1ccc(C=NNC(=O)c2cc(I)ccc2O)cc1CN1CCCc2ccccc21. The highest BCUT2D eigenvalue weighted by Gasteiger charge is 2.18. The van der Waals surface area contributed by atoms with Crippen LogP contribution in [0.4, 0.5) is 5.69 Å². The maximum atomic E-state index is 12.3. The van der Waals surface area contributed by atoms with E-state index < -0.39 is 5.91 Å². The lowest BCUT2D eigenvalue weighted by Gasteiger charge is -2.31. The van der Waals surface area contributed by atoms with Gasteiger partial charge in [0.2, 0.25) is 0 Å². The fourth-order valence-electron chi connectivity index (χ4n) is 3.90. The van der Waals surface area contributed by atoms with Crippen molar-refractivity contribution in [3.8, 4) is 11.5 Å². The zero-order valence-corrected chi connectivity index (χ0v) is 19.9. The highest BCUT2D eigenvalue weighted by atomic mass is 127. The van der Waals surface area contributed by atoms with Gasteiger partial charge in [0, 0.05) is 27.9 Å². The van der Waals surface area contributed by atoms with E-state index in [0.29, 0.717) is 0 Å². The van der Waals surface area contributed by atoms with E-state index in [-0.39, 0.29) is 11.3 Å². The third kappa shape index (κ3) is 5.04. The Kier molecular flexibility index (Phi) is 6.94. The molecule has 164 valence electrons. The van der Waals surface area contributed by atoms with Crippen molar-refractivity contribution in [2.75, 3.05) is 18.6 Å². The molecule has 7 heteroatoms. The fraction of sp³-hybridized carbons (Fsp3) is 0.200. The predicted octanol–water partition coefficient (Wildman–Crippen LogP) is 4.72. The Hall–Kier alpha value is -3.07. The molecule has 3 aromatic carbocycles. The van der Waals surface area contributed by atoms with Gasteiger partial charge in [-0.1, -0.05) is 18.2 Å². The summed E-state index contributed by atoms with van der Waals surface area (Å²) in [6.07, 6.45) is 3.82. The number of nitrogens with one attached hydrogen (secondary N) is 1. The first-order valence-corrected chi connectivity index (χ1v) is 11.4. The molecule has 0 bridgehead atoms. The second-order valence-corrected chi connectivity index (χ2v) is 8.83. The van der Waals surface area contributed by atoms with Crippen LogP contribution in [0.1, 0.15) is 33.5 Å². The van der Waals surface area contributed by atoms with E-state index >= 15 is 0 Å². The molecule has 3 aromatic rings. The average Bonchev–Trinajstić information content (AvgIpc) is 2.81. The minimum Gasteiger partial charge on any atom is -0.507 e. The number of phenolic OH excluding ortho intramolecular Hbond substituents is 1. The third-order valence-corrected chi connectivity index (χ3v) is 6.13. The molecule has 0 atom stereocenters. The van der Waals surface area contributed by atoms with E-state index in [1.807, 2.05) is 18.2 Å². The van der Waals surface area contributed by atoms with E-state index in [1.54, 1.807) is 25.5 Å². The molecule has 1 amide bonds. The first-order chi connectivity index (χ1) is 15.5. The summed E-state index contributed by atoms with van der Waals surface area (Å²) in [4.78, 5) is 14.7. The number of carbonyl (C=O) groups excluding carboxylic acids is 1. The van der Waals surface area contributed by atoms with Crippen molar-refractivity contribution in [2.45, 2.75) is 19.4 Å². The zero-order valence-electron chi connectivity index (χ0n) is 17.7. The number of hydrazone groups is 1. The van der Waals surface area contributed by atoms with Gasteiger partial charge in [-0.05, 0) is 89.0 Å². The Balaban J connectivity index is 1.50. The highest BCUT2D eigenvalue weighted by molar-refractivity contribution is 14.1. The van der Waals surface area contributed by atoms with Crippen LogP contribution in [0.2, 0.25) is 0 Å². The number of halogens is 1. The van der Waals surface area contributed by atoms with Crippen LogP contribution in [0.5, 0.6) is 11.5 Å². The molecule has 0 spiro atoms. The van der Waals surface area contributed by atoms with Crippen molar-refractivity contribution in [3.05, 3.63) is 86.5 Å². The molecule has 0 fully saturated rings. The van der Waals surface area contributed by atoms with Gasteiger partial charge in [-0.3, -0.25) is 4.79 Å². The summed E-state index contributed by atoms with van der Waals surface area (Å²) in [6.45, 7) is 1.72. The van der Waals surface area contributed by atoms with Gasteiger partial charge < -0.3 is 14.7 Å². The number of amides is 1. The lowest BCUT2D eigenvalue weighted by atomic mass is 10.0. The second-order valence-electron chi connectivity index (χ2n) is 7.59. The molecule has 6 nitrogen and oxygen atoms in total. The number of methoxy groups -OCH3 is 1. The standard InChI is InChI=1S/C25H24IN3O3/c1-32-24-11-8-17(15-27-28-25(31)21-14-20(26)9-10-23(21)30)13-19(24)16-29-12-4-6-18-5-2-3-7-22(18)29/h2-3,5,7-11,13-15,30H,4,6,12,16H2,1H3,(H,28,31). The number of rotatable bonds is 6. The van der Waals surface area contributed by atoms with Crippen molar-refractivity contribution >= 4 is 40.4 Å². The first kappa shape index (κ1) is 22.1. The highest BCUT2D eigenvalue weighted by Crippen LogP contribution is 2.30. The molecule has 0 unspecified atom stereocenters. The van der Waals surface area contributed by atoms with Gasteiger partial charge in [0.05, 0.1) is 18.9 Å². The normalized spacial score (nSPS) is 13.1. The summed E-state index contributed by atoms with van der Waals surface area (Å²) in [5.74, 6) is 0.278. The van der Waals surface area contributed by atoms with Gasteiger partial charge in [0.15, 0.2) is 0 Å². The van der Waals surface area contributed by atoms with Crippen LogP contribution in [0.15, 0.2) is 65.8 Å². The molecule has 1 aliphatic rings. The molecule has 1 aliphatic heterocycles. The van der Waals surface area contributed by atoms with Crippen molar-refractivity contribution in [2.24, 2.45) is 5.10 Å². The van der Waals surface area contributed by atoms with Gasteiger partial charge in [-0.15, -0.1) is 0 Å². The molecule has 0 saturated carbocycles. The van der Waals surface area contributed by atoms with E-state index in [2.05, 4.69) is 62.3 Å². The Morgan fingerprint density at radius 3 is 2.91 bits per heavy atom. The summed E-state index contributed by atoms with van der Waals surface area (Å²) in [5, 5.41) is 14.0. The first-order valence-electron chi connectivity index (χ1n) is 10.4. The molecule has 2 N–H and O–H groups in total. The number of carbonyl (C=O) groups is 1. The number of nitrogens with zero attached hydrogens (tertiary/aromatic N) is 2. The third-order valence-electron chi connectivity index (χ3n) is 5.46. The minimum atomic E-state index is -0.462. The van der Waals surface area contributed by atoms with Crippen molar-refractivity contribution in [1.29, 1.82) is 0 Å². The lowest BCUT2D eigenvalue weighted by Crippen LogP contribution is -2.29. The maximum absolute atomic E-state index is 12.3. The molecule has 0 aromatic heterocycles. The van der Waals surface area contributed by atoms with Crippen LogP contribution in [-0.2, 0) is 13.0 Å². The van der Waals surface area contributed by atoms with Gasteiger partial charge >= 0.3 is 0 Å². The number of aromatic hydroxyl groups is 1. The Morgan fingerprint density at radius 2 is 2.06 bits per heavy atom. The van der Waals surface area contributed by atoms with Crippen LogP contribution in [0.25, 0.3) is 0 Å². The van der Waals surface area contributed by atoms with Gasteiger partial charge in [0.25, 0.3) is 5.91 Å². The van der Waals surface area contributed by atoms with Crippen LogP contribution >= 0.6 is 22.6 Å². The smallest absolute Gasteiger partial charge is 0.275 e. The quantitative estimate of drug-likeness (QED) is 0.269. The molecular formula is C25H24IN3O3. The number of benzene rings is 3. The number of hydrogen-bond acceptors (Lipinski definition) is 5. The number of fused-ring (bicyclic) bond motifs is 1. The largest absolute Gasteiger partial charge is 0.507 e. The van der Waals surface area contributed by atoms with Gasteiger partial charge in [0.1, 0.15) is 11.5 Å². The number of hydrogen-bond donors (Lipinski definition) is 2. The molecule has 0 aliphatic carbocycles. The molecule has 0 radical (unpaired) electrons. The summed E-state index contributed by atoms with van der Waals surface area (Å²) in [6, 6.07) is 19.2. The number of para-hydroxylation sites is 1. The van der Waals surface area contributed by atoms with Crippen LogP contribution in [-0.4, -0.2) is 30.9 Å². The monoisotopic (exact) mass is 541 g/mol. The molecule has 32 heavy (non-hydrogen) atoms. The Bertz CT molecular complexity index is 1160. The Morgan fingerprint density at radius 1 is 1.22 bits per heavy atom. The van der Waals surface area contributed by atoms with Crippen LogP contribution in [0, 0.1) is 3.57 Å². The molecule has 1 heterocycles. The number of ether oxygens (including phenoxy) is 1. The maximum Gasteiger partial charge on any atom is 0.275 e. The molecular weight excluding hydrogens is 517 g/mol. The summed E-state index contributed by atoms with van der Waals surface area (Å²) >= 11 is 2.09. The number of anilines is 1. The lowest BCUT2D eigenvalue weighted by molar-refractivity contribution is 0.0952. The topological polar surface area (TPSA) is 74.2 Å². The van der Waals surface area contributed by atoms with E-state index in [4.69, 9.17) is 4.74 Å². The summed E-state index contributed by atoms with van der Waals surface area (Å²) < 4.78 is 6.44. The average molecular weight is 541 g/mol.